The fraction of sp³-hybridized carbons (Fsp3) is 0.316. The van der Waals surface area contributed by atoms with Gasteiger partial charge in [-0.3, -0.25) is 0 Å². The molecule has 2 aromatic heterocycles. The van der Waals surface area contributed by atoms with E-state index in [0.717, 1.165) is 12.2 Å². The molecule has 4 rings (SSSR count). The standard InChI is InChI=1S/C19H21FN6O/c1-25(17-6-7-21-11-15(17)20)19-22-12-16(23-24-19)14-5-4-13(10-18(14)27)26-8-2-3-9-26/h2-5,8-10,12,15,17,21,27H,6-7,11H2,1H3/t15-,17+/m1/s1. The Kier molecular flexibility index (Phi) is 4.72. The van der Waals surface area contributed by atoms with Crippen molar-refractivity contribution in [1.29, 1.82) is 0 Å². The highest BCUT2D eigenvalue weighted by molar-refractivity contribution is 5.68. The zero-order chi connectivity index (χ0) is 18.8. The molecule has 0 aliphatic carbocycles. The topological polar surface area (TPSA) is 79.1 Å². The molecule has 0 bridgehead atoms. The van der Waals surface area contributed by atoms with Gasteiger partial charge in [0, 0.05) is 43.3 Å². The van der Waals surface area contributed by atoms with Gasteiger partial charge in [-0.15, -0.1) is 10.2 Å². The number of nitrogens with zero attached hydrogens (tertiary/aromatic N) is 5. The number of phenolic OH excluding ortho intramolecular Hbond substituents is 1. The largest absolute Gasteiger partial charge is 0.507 e. The number of phenols is 1. The minimum absolute atomic E-state index is 0.0978. The molecule has 0 amide bonds. The van der Waals surface area contributed by atoms with Gasteiger partial charge in [-0.2, -0.15) is 0 Å². The average molecular weight is 368 g/mol. The first kappa shape index (κ1) is 17.4. The summed E-state index contributed by atoms with van der Waals surface area (Å²) in [6, 6.07) is 8.90. The molecular formula is C19H21FN6O. The van der Waals surface area contributed by atoms with Crippen molar-refractivity contribution in [2.24, 2.45) is 0 Å². The smallest absolute Gasteiger partial charge is 0.245 e. The first-order valence-corrected chi connectivity index (χ1v) is 8.87. The quantitative estimate of drug-likeness (QED) is 0.735. The van der Waals surface area contributed by atoms with E-state index in [9.17, 15) is 9.50 Å². The summed E-state index contributed by atoms with van der Waals surface area (Å²) in [6.07, 6.45) is 5.07. The molecule has 1 aromatic carbocycles. The van der Waals surface area contributed by atoms with Gasteiger partial charge in [0.05, 0.1) is 12.2 Å². The summed E-state index contributed by atoms with van der Waals surface area (Å²) >= 11 is 0. The lowest BCUT2D eigenvalue weighted by molar-refractivity contribution is 0.227. The lowest BCUT2D eigenvalue weighted by Crippen LogP contribution is -2.50. The van der Waals surface area contributed by atoms with Crippen LogP contribution in [0.5, 0.6) is 5.75 Å². The van der Waals surface area contributed by atoms with E-state index in [0.29, 0.717) is 30.2 Å². The molecule has 140 valence electrons. The third-order valence-corrected chi connectivity index (χ3v) is 4.90. The van der Waals surface area contributed by atoms with E-state index in [4.69, 9.17) is 0 Å². The van der Waals surface area contributed by atoms with Gasteiger partial charge >= 0.3 is 0 Å². The predicted molar refractivity (Wildman–Crippen MR) is 101 cm³/mol. The summed E-state index contributed by atoms with van der Waals surface area (Å²) in [5, 5.41) is 21.7. The summed E-state index contributed by atoms with van der Waals surface area (Å²) in [7, 11) is 1.78. The SMILES string of the molecule is CN(c1ncc(-c2ccc(-n3cccc3)cc2O)nn1)[C@H]1CCNC[C@H]1F. The Morgan fingerprint density at radius 3 is 2.74 bits per heavy atom. The number of nitrogens with one attached hydrogen (secondary N) is 1. The Labute approximate surface area is 156 Å². The van der Waals surface area contributed by atoms with Crippen LogP contribution in [0.4, 0.5) is 10.3 Å². The Morgan fingerprint density at radius 1 is 1.26 bits per heavy atom. The molecule has 3 aromatic rings. The van der Waals surface area contributed by atoms with Gasteiger partial charge in [0.2, 0.25) is 5.95 Å². The lowest BCUT2D eigenvalue weighted by atomic mass is 10.0. The Hall–Kier alpha value is -3.00. The number of rotatable bonds is 4. The maximum absolute atomic E-state index is 14.1. The van der Waals surface area contributed by atoms with Crippen molar-refractivity contribution in [1.82, 2.24) is 25.1 Å². The fourth-order valence-corrected chi connectivity index (χ4v) is 3.35. The van der Waals surface area contributed by atoms with Crippen LogP contribution in [0.1, 0.15) is 6.42 Å². The molecular weight excluding hydrogens is 347 g/mol. The molecule has 1 saturated heterocycles. The normalized spacial score (nSPS) is 19.8. The highest BCUT2D eigenvalue weighted by atomic mass is 19.1. The van der Waals surface area contributed by atoms with Gasteiger partial charge < -0.3 is 19.9 Å². The summed E-state index contributed by atoms with van der Waals surface area (Å²) in [6.45, 7) is 1.10. The third kappa shape index (κ3) is 3.48. The predicted octanol–water partition coefficient (Wildman–Crippen LogP) is 2.17. The zero-order valence-electron chi connectivity index (χ0n) is 15.0. The number of aromatic hydroxyl groups is 1. The van der Waals surface area contributed by atoms with Gasteiger partial charge in [0.1, 0.15) is 17.6 Å². The van der Waals surface area contributed by atoms with Crippen LogP contribution in [0, 0.1) is 0 Å². The molecule has 1 aliphatic rings. The average Bonchev–Trinajstić information content (AvgIpc) is 3.23. The number of hydrogen-bond acceptors (Lipinski definition) is 6. The van der Waals surface area contributed by atoms with Crippen LogP contribution in [0.15, 0.2) is 48.9 Å². The Balaban J connectivity index is 1.55. The van der Waals surface area contributed by atoms with E-state index in [1.54, 1.807) is 30.3 Å². The van der Waals surface area contributed by atoms with E-state index in [1.807, 2.05) is 35.2 Å². The summed E-state index contributed by atoms with van der Waals surface area (Å²) in [4.78, 5) is 6.06. The number of benzene rings is 1. The fourth-order valence-electron chi connectivity index (χ4n) is 3.35. The first-order chi connectivity index (χ1) is 13.1. The van der Waals surface area contributed by atoms with Crippen LogP contribution < -0.4 is 10.2 Å². The van der Waals surface area contributed by atoms with Gasteiger partial charge in [-0.1, -0.05) is 0 Å². The van der Waals surface area contributed by atoms with Crippen LogP contribution >= 0.6 is 0 Å². The second-order valence-corrected chi connectivity index (χ2v) is 6.62. The van der Waals surface area contributed by atoms with Gasteiger partial charge in [-0.05, 0) is 37.2 Å². The van der Waals surface area contributed by atoms with Crippen molar-refractivity contribution in [2.45, 2.75) is 18.6 Å². The van der Waals surface area contributed by atoms with E-state index < -0.39 is 6.17 Å². The van der Waals surface area contributed by atoms with Gasteiger partial charge in [0.15, 0.2) is 0 Å². The van der Waals surface area contributed by atoms with Crippen LogP contribution in [0.3, 0.4) is 0 Å². The zero-order valence-corrected chi connectivity index (χ0v) is 15.0. The van der Waals surface area contributed by atoms with Crippen molar-refractivity contribution >= 4 is 5.95 Å². The van der Waals surface area contributed by atoms with Gasteiger partial charge in [0.25, 0.3) is 0 Å². The molecule has 7 nitrogen and oxygen atoms in total. The van der Waals surface area contributed by atoms with Crippen LogP contribution in [-0.4, -0.2) is 57.2 Å². The molecule has 0 unspecified atom stereocenters. The summed E-state index contributed by atoms with van der Waals surface area (Å²) < 4.78 is 16.0. The van der Waals surface area contributed by atoms with E-state index in [1.165, 1.54) is 0 Å². The maximum atomic E-state index is 14.1. The second-order valence-electron chi connectivity index (χ2n) is 6.62. The number of alkyl halides is 1. The Morgan fingerprint density at radius 2 is 2.07 bits per heavy atom. The third-order valence-electron chi connectivity index (χ3n) is 4.90. The van der Waals surface area contributed by atoms with Crippen molar-refractivity contribution in [3.8, 4) is 22.7 Å². The second kappa shape index (κ2) is 7.32. The van der Waals surface area contributed by atoms with Gasteiger partial charge in [-0.25, -0.2) is 9.37 Å². The molecule has 1 aliphatic heterocycles. The van der Waals surface area contributed by atoms with Crippen molar-refractivity contribution in [3.63, 3.8) is 0 Å². The van der Waals surface area contributed by atoms with E-state index in [2.05, 4.69) is 20.5 Å². The monoisotopic (exact) mass is 368 g/mol. The molecule has 3 heterocycles. The highest BCUT2D eigenvalue weighted by Gasteiger charge is 2.29. The molecule has 0 spiro atoms. The molecule has 0 saturated carbocycles. The lowest BCUT2D eigenvalue weighted by Gasteiger charge is -2.33. The van der Waals surface area contributed by atoms with Crippen LogP contribution in [0.2, 0.25) is 0 Å². The minimum atomic E-state index is -0.975. The molecule has 0 radical (unpaired) electrons. The summed E-state index contributed by atoms with van der Waals surface area (Å²) in [5.74, 6) is 0.470. The first-order valence-electron chi connectivity index (χ1n) is 8.87. The number of piperidine rings is 1. The van der Waals surface area contributed by atoms with Crippen LogP contribution in [0.25, 0.3) is 16.9 Å². The number of halogens is 1. The number of hydrogen-bond donors (Lipinski definition) is 2. The highest BCUT2D eigenvalue weighted by Crippen LogP contribution is 2.29. The van der Waals surface area contributed by atoms with E-state index in [-0.39, 0.29) is 11.8 Å². The van der Waals surface area contributed by atoms with Crippen molar-refractivity contribution in [3.05, 3.63) is 48.9 Å². The van der Waals surface area contributed by atoms with Crippen molar-refractivity contribution in [2.75, 3.05) is 25.0 Å². The minimum Gasteiger partial charge on any atom is -0.507 e. The summed E-state index contributed by atoms with van der Waals surface area (Å²) in [5.41, 5.74) is 1.86. The molecule has 2 atom stereocenters. The molecule has 27 heavy (non-hydrogen) atoms. The number of aromatic nitrogens is 4. The van der Waals surface area contributed by atoms with Crippen LogP contribution in [-0.2, 0) is 0 Å². The van der Waals surface area contributed by atoms with Crippen molar-refractivity contribution < 1.29 is 9.50 Å². The molecule has 2 N–H and O–H groups in total. The molecule has 8 heteroatoms. The Bertz CT molecular complexity index is 899. The number of anilines is 1. The molecule has 1 fully saturated rings. The maximum Gasteiger partial charge on any atom is 0.245 e. The van der Waals surface area contributed by atoms with E-state index >= 15 is 0 Å².